The largest absolute Gasteiger partial charge is 0.333 e. The molecule has 1 aliphatic heterocycles. The third kappa shape index (κ3) is 4.87. The van der Waals surface area contributed by atoms with E-state index in [0.717, 1.165) is 46.9 Å². The Labute approximate surface area is 219 Å². The van der Waals surface area contributed by atoms with Crippen molar-refractivity contribution in [3.63, 3.8) is 0 Å². The summed E-state index contributed by atoms with van der Waals surface area (Å²) in [5, 5.41) is 23.2. The molecule has 0 aliphatic carbocycles. The zero-order valence-corrected chi connectivity index (χ0v) is 21.1. The van der Waals surface area contributed by atoms with Crippen molar-refractivity contribution in [3.05, 3.63) is 115 Å². The number of nitro groups is 2. The number of nitrogens with zero attached hydrogens (tertiary/aromatic N) is 4. The molecule has 2 heterocycles. The number of aryl methyl sites for hydroxylation is 1. The number of benzene rings is 3. The Morgan fingerprint density at radius 1 is 0.816 bits per heavy atom. The van der Waals surface area contributed by atoms with E-state index in [1.807, 2.05) is 4.57 Å². The molecule has 0 atom stereocenters. The van der Waals surface area contributed by atoms with Gasteiger partial charge >= 0.3 is 0 Å². The van der Waals surface area contributed by atoms with Crippen molar-refractivity contribution in [3.8, 4) is 0 Å². The fraction of sp³-hybridized carbons (Fsp3) is 0.276. The number of amides is 1. The molecule has 4 aromatic rings. The number of non-ortho nitro benzene ring substituents is 2. The first-order valence-electron chi connectivity index (χ1n) is 12.8. The maximum absolute atomic E-state index is 13.9. The van der Waals surface area contributed by atoms with Crippen LogP contribution < -0.4 is 0 Å². The number of unbranched alkanes of at least 4 members (excludes halogenated alkanes) is 1. The lowest BCUT2D eigenvalue weighted by Gasteiger charge is -2.28. The molecular weight excluding hydrogens is 484 g/mol. The van der Waals surface area contributed by atoms with Gasteiger partial charge in [0.25, 0.3) is 17.3 Å². The summed E-state index contributed by atoms with van der Waals surface area (Å²) >= 11 is 0. The number of fused-ring (bicyclic) bond motifs is 3. The molecule has 1 amide bonds. The van der Waals surface area contributed by atoms with Crippen molar-refractivity contribution in [1.82, 2.24) is 9.47 Å². The summed E-state index contributed by atoms with van der Waals surface area (Å²) in [4.78, 5) is 36.9. The Hall–Kier alpha value is -4.53. The van der Waals surface area contributed by atoms with Gasteiger partial charge in [0.2, 0.25) is 0 Å². The first kappa shape index (κ1) is 25.1. The Kier molecular flexibility index (Phi) is 6.91. The Morgan fingerprint density at radius 2 is 1.39 bits per heavy atom. The van der Waals surface area contributed by atoms with Crippen LogP contribution in [0.5, 0.6) is 0 Å². The number of carbonyl (C=O) groups excluding carboxylic acids is 1. The van der Waals surface area contributed by atoms with Crippen LogP contribution in [-0.2, 0) is 25.9 Å². The minimum atomic E-state index is -0.437. The summed E-state index contributed by atoms with van der Waals surface area (Å²) in [5.74, 6) is -0.0853. The van der Waals surface area contributed by atoms with Crippen LogP contribution in [0.15, 0.2) is 66.7 Å². The van der Waals surface area contributed by atoms with E-state index in [-0.39, 0.29) is 17.3 Å². The predicted octanol–water partition coefficient (Wildman–Crippen LogP) is 6.05. The molecule has 38 heavy (non-hydrogen) atoms. The number of rotatable bonds is 9. The summed E-state index contributed by atoms with van der Waals surface area (Å²) < 4.78 is 2.03. The van der Waals surface area contributed by atoms with Gasteiger partial charge in [-0.1, -0.05) is 43.7 Å². The van der Waals surface area contributed by atoms with Gasteiger partial charge in [-0.25, -0.2) is 0 Å². The number of nitro benzene ring substituents is 2. The molecule has 0 N–H and O–H groups in total. The summed E-state index contributed by atoms with van der Waals surface area (Å²) in [5.41, 5.74) is 5.62. The van der Waals surface area contributed by atoms with Crippen molar-refractivity contribution < 1.29 is 14.6 Å². The number of hydrogen-bond donors (Lipinski definition) is 0. The Morgan fingerprint density at radius 3 is 1.97 bits per heavy atom. The predicted molar refractivity (Wildman–Crippen MR) is 144 cm³/mol. The minimum absolute atomic E-state index is 0.0168. The van der Waals surface area contributed by atoms with Crippen LogP contribution in [0, 0.1) is 20.2 Å². The van der Waals surface area contributed by atoms with Gasteiger partial charge in [-0.15, -0.1) is 0 Å². The molecule has 9 nitrogen and oxygen atoms in total. The number of carbonyl (C=O) groups is 1. The highest BCUT2D eigenvalue weighted by Crippen LogP contribution is 2.33. The van der Waals surface area contributed by atoms with Crippen LogP contribution >= 0.6 is 0 Å². The van der Waals surface area contributed by atoms with Crippen LogP contribution in [0.25, 0.3) is 10.9 Å². The van der Waals surface area contributed by atoms with E-state index in [9.17, 15) is 25.0 Å². The van der Waals surface area contributed by atoms with Gasteiger partial charge in [-0.05, 0) is 53.6 Å². The summed E-state index contributed by atoms with van der Waals surface area (Å²) in [6.07, 6.45) is 3.89. The van der Waals surface area contributed by atoms with Gasteiger partial charge in [0.05, 0.1) is 9.85 Å². The molecule has 1 aromatic heterocycles. The highest BCUT2D eigenvalue weighted by molar-refractivity contribution is 6.03. The smallest absolute Gasteiger partial charge is 0.271 e. The van der Waals surface area contributed by atoms with Crippen LogP contribution in [0.4, 0.5) is 11.4 Å². The van der Waals surface area contributed by atoms with E-state index in [2.05, 4.69) is 25.1 Å². The number of aromatic nitrogens is 1. The highest BCUT2D eigenvalue weighted by Gasteiger charge is 2.31. The summed E-state index contributed by atoms with van der Waals surface area (Å²) in [6.45, 7) is 3.49. The average Bonchev–Trinajstić information content (AvgIpc) is 3.22. The van der Waals surface area contributed by atoms with Crippen molar-refractivity contribution in [2.45, 2.75) is 45.7 Å². The van der Waals surface area contributed by atoms with Crippen LogP contribution in [0.1, 0.15) is 52.5 Å². The second-order valence-electron chi connectivity index (χ2n) is 9.69. The lowest BCUT2D eigenvalue weighted by atomic mass is 9.99. The zero-order valence-electron chi connectivity index (χ0n) is 21.1. The summed E-state index contributed by atoms with van der Waals surface area (Å²) in [7, 11) is 0. The van der Waals surface area contributed by atoms with Gasteiger partial charge in [-0.2, -0.15) is 0 Å². The zero-order chi connectivity index (χ0) is 26.8. The second kappa shape index (κ2) is 10.5. The van der Waals surface area contributed by atoms with Gasteiger partial charge in [-0.3, -0.25) is 25.0 Å². The molecule has 0 unspecified atom stereocenters. The van der Waals surface area contributed by atoms with Gasteiger partial charge in [0, 0.05) is 54.8 Å². The number of hydrogen-bond acceptors (Lipinski definition) is 5. The second-order valence-corrected chi connectivity index (χ2v) is 9.69. The first-order valence-corrected chi connectivity index (χ1v) is 12.8. The lowest BCUT2D eigenvalue weighted by Crippen LogP contribution is -2.38. The quantitative estimate of drug-likeness (QED) is 0.200. The molecule has 9 heteroatoms. The third-order valence-electron chi connectivity index (χ3n) is 7.18. The fourth-order valence-electron chi connectivity index (χ4n) is 5.17. The van der Waals surface area contributed by atoms with Crippen LogP contribution in [0.2, 0.25) is 0 Å². The highest BCUT2D eigenvalue weighted by atomic mass is 16.6. The molecule has 0 bridgehead atoms. The minimum Gasteiger partial charge on any atom is -0.333 e. The van der Waals surface area contributed by atoms with Crippen molar-refractivity contribution >= 4 is 28.2 Å². The van der Waals surface area contributed by atoms with Crippen molar-refractivity contribution in [2.24, 2.45) is 0 Å². The molecule has 0 fully saturated rings. The van der Waals surface area contributed by atoms with E-state index in [0.29, 0.717) is 31.7 Å². The maximum atomic E-state index is 13.9. The SMILES string of the molecule is CCCCc1ccc2c(c1)c1c(n2Cc2ccc([N+](=O)[O-])cc2)C(=O)N(Cc2ccc([N+](=O)[O-])cc2)CC1. The molecule has 0 saturated heterocycles. The lowest BCUT2D eigenvalue weighted by molar-refractivity contribution is -0.385. The average molecular weight is 513 g/mol. The van der Waals surface area contributed by atoms with Gasteiger partial charge < -0.3 is 9.47 Å². The van der Waals surface area contributed by atoms with Crippen molar-refractivity contribution in [2.75, 3.05) is 6.54 Å². The first-order chi connectivity index (χ1) is 18.4. The maximum Gasteiger partial charge on any atom is 0.271 e. The van der Waals surface area contributed by atoms with Gasteiger partial charge in [0.15, 0.2) is 0 Å². The topological polar surface area (TPSA) is 112 Å². The standard InChI is InChI=1S/C29H28N4O5/c1-2-3-4-20-9-14-27-26(17-20)25-15-16-30(18-21-5-10-23(11-6-21)32(35)36)29(34)28(25)31(27)19-22-7-12-24(13-8-22)33(37)38/h5-14,17H,2-4,15-16,18-19H2,1H3. The van der Waals surface area contributed by atoms with Crippen LogP contribution in [-0.4, -0.2) is 31.8 Å². The molecule has 194 valence electrons. The normalized spacial score (nSPS) is 13.1. The molecule has 1 aliphatic rings. The van der Waals surface area contributed by atoms with E-state index >= 15 is 0 Å². The Balaban J connectivity index is 1.52. The van der Waals surface area contributed by atoms with Crippen LogP contribution in [0.3, 0.4) is 0 Å². The molecule has 0 saturated carbocycles. The van der Waals surface area contributed by atoms with E-state index in [1.54, 1.807) is 29.2 Å². The van der Waals surface area contributed by atoms with E-state index < -0.39 is 9.85 Å². The monoisotopic (exact) mass is 512 g/mol. The molecule has 0 radical (unpaired) electrons. The van der Waals surface area contributed by atoms with E-state index in [1.165, 1.54) is 29.8 Å². The molecule has 3 aromatic carbocycles. The molecular formula is C29H28N4O5. The molecule has 0 spiro atoms. The fourth-order valence-corrected chi connectivity index (χ4v) is 5.17. The molecule has 5 rings (SSSR count). The van der Waals surface area contributed by atoms with Crippen molar-refractivity contribution in [1.29, 1.82) is 0 Å². The Bertz CT molecular complexity index is 1520. The van der Waals surface area contributed by atoms with E-state index in [4.69, 9.17) is 0 Å². The third-order valence-corrected chi connectivity index (χ3v) is 7.18. The van der Waals surface area contributed by atoms with Gasteiger partial charge in [0.1, 0.15) is 5.69 Å². The summed E-state index contributed by atoms with van der Waals surface area (Å²) in [6, 6.07) is 19.1.